The molecule has 0 saturated heterocycles. The van der Waals surface area contributed by atoms with Crippen LogP contribution in [0.4, 0.5) is 13.2 Å². The van der Waals surface area contributed by atoms with Crippen molar-refractivity contribution in [1.29, 1.82) is 0 Å². The molecule has 40 heavy (non-hydrogen) atoms. The van der Waals surface area contributed by atoms with Crippen molar-refractivity contribution in [3.05, 3.63) is 77.2 Å². The van der Waals surface area contributed by atoms with Gasteiger partial charge in [0, 0.05) is 31.9 Å². The van der Waals surface area contributed by atoms with E-state index in [1.54, 1.807) is 23.0 Å². The number of nitrogens with one attached hydrogen (secondary N) is 1. The van der Waals surface area contributed by atoms with Crippen LogP contribution in [-0.4, -0.2) is 73.6 Å². The van der Waals surface area contributed by atoms with Gasteiger partial charge in [0.2, 0.25) is 5.78 Å². The molecule has 3 aromatic rings. The van der Waals surface area contributed by atoms with E-state index < -0.39 is 35.8 Å². The number of amides is 2. The molecular formula is C26H27F3N6O5. The smallest absolute Gasteiger partial charge is 0.475 e. The molecule has 2 aromatic heterocycles. The van der Waals surface area contributed by atoms with Gasteiger partial charge in [-0.2, -0.15) is 18.3 Å². The maximum atomic E-state index is 13.2. The minimum Gasteiger partial charge on any atom is -0.475 e. The van der Waals surface area contributed by atoms with Gasteiger partial charge in [-0.25, -0.2) is 14.5 Å². The molecule has 1 atom stereocenters. The molecule has 14 heteroatoms. The van der Waals surface area contributed by atoms with Crippen LogP contribution in [0.1, 0.15) is 34.1 Å². The number of fused-ring (bicyclic) bond motifs is 1. The minimum absolute atomic E-state index is 0.146. The molecule has 1 unspecified atom stereocenters. The molecule has 3 heterocycles. The SMILES string of the molecule is CCN1CCc2cn(-c3ncccc3C(=O)NC(Cc3ccccc3)C(=O)C(N)=O)nc2C1.O=C(O)C(F)(F)F. The van der Waals surface area contributed by atoms with Gasteiger partial charge in [0.1, 0.15) is 6.04 Å². The van der Waals surface area contributed by atoms with Gasteiger partial charge >= 0.3 is 12.1 Å². The maximum Gasteiger partial charge on any atom is 0.490 e. The Morgan fingerprint density at radius 3 is 2.40 bits per heavy atom. The van der Waals surface area contributed by atoms with Crippen LogP contribution in [0.25, 0.3) is 5.82 Å². The number of carboxylic acids is 1. The number of aliphatic carboxylic acids is 1. The molecule has 4 N–H and O–H groups in total. The van der Waals surface area contributed by atoms with Crippen LogP contribution >= 0.6 is 0 Å². The fraction of sp³-hybridized carbons (Fsp3) is 0.308. The molecule has 0 aliphatic carbocycles. The first kappa shape index (κ1) is 30.0. The summed E-state index contributed by atoms with van der Waals surface area (Å²) in [6.07, 6.45) is -0.574. The van der Waals surface area contributed by atoms with Crippen LogP contribution in [0.2, 0.25) is 0 Å². The number of hydrogen-bond acceptors (Lipinski definition) is 7. The van der Waals surface area contributed by atoms with Crippen molar-refractivity contribution >= 4 is 23.6 Å². The number of benzene rings is 1. The summed E-state index contributed by atoms with van der Waals surface area (Å²) in [5, 5.41) is 14.5. The summed E-state index contributed by atoms with van der Waals surface area (Å²) in [6.45, 7) is 4.77. The highest BCUT2D eigenvalue weighted by atomic mass is 19.4. The summed E-state index contributed by atoms with van der Waals surface area (Å²) in [6, 6.07) is 11.3. The Balaban J connectivity index is 0.000000559. The fourth-order valence-corrected chi connectivity index (χ4v) is 3.96. The number of Topliss-reactive ketones (excluding diaryl/α,β-unsaturated/α-hetero) is 1. The quantitative estimate of drug-likeness (QED) is 0.351. The van der Waals surface area contributed by atoms with Crippen molar-refractivity contribution in [1.82, 2.24) is 25.0 Å². The molecule has 0 spiro atoms. The van der Waals surface area contributed by atoms with E-state index in [1.165, 1.54) is 0 Å². The first-order chi connectivity index (χ1) is 18.9. The number of nitrogens with zero attached hydrogens (tertiary/aromatic N) is 4. The predicted octanol–water partition coefficient (Wildman–Crippen LogP) is 1.67. The highest BCUT2D eigenvalue weighted by Crippen LogP contribution is 2.20. The zero-order valence-corrected chi connectivity index (χ0v) is 21.4. The van der Waals surface area contributed by atoms with E-state index in [-0.39, 0.29) is 12.0 Å². The summed E-state index contributed by atoms with van der Waals surface area (Å²) in [4.78, 5) is 52.8. The van der Waals surface area contributed by atoms with Gasteiger partial charge in [0.15, 0.2) is 5.82 Å². The van der Waals surface area contributed by atoms with Gasteiger partial charge in [-0.05, 0) is 36.2 Å². The largest absolute Gasteiger partial charge is 0.490 e. The van der Waals surface area contributed by atoms with Crippen molar-refractivity contribution in [2.75, 3.05) is 13.1 Å². The highest BCUT2D eigenvalue weighted by molar-refractivity contribution is 6.38. The average molecular weight is 561 g/mol. The van der Waals surface area contributed by atoms with Crippen molar-refractivity contribution < 1.29 is 37.5 Å². The number of alkyl halides is 3. The lowest BCUT2D eigenvalue weighted by atomic mass is 10.0. The number of halogens is 3. The van der Waals surface area contributed by atoms with Crippen molar-refractivity contribution in [2.45, 2.75) is 38.5 Å². The lowest BCUT2D eigenvalue weighted by molar-refractivity contribution is -0.192. The van der Waals surface area contributed by atoms with Gasteiger partial charge < -0.3 is 16.2 Å². The van der Waals surface area contributed by atoms with E-state index in [0.717, 1.165) is 42.9 Å². The van der Waals surface area contributed by atoms with Gasteiger partial charge in [0.25, 0.3) is 11.8 Å². The second-order valence-corrected chi connectivity index (χ2v) is 8.79. The summed E-state index contributed by atoms with van der Waals surface area (Å²) in [5.41, 5.74) is 8.37. The number of aromatic nitrogens is 3. The first-order valence-corrected chi connectivity index (χ1v) is 12.1. The molecule has 1 aromatic carbocycles. The van der Waals surface area contributed by atoms with Gasteiger partial charge in [-0.15, -0.1) is 0 Å². The van der Waals surface area contributed by atoms with Crippen LogP contribution in [0.3, 0.4) is 0 Å². The van der Waals surface area contributed by atoms with Crippen LogP contribution in [-0.2, 0) is 33.8 Å². The second kappa shape index (κ2) is 13.0. The van der Waals surface area contributed by atoms with E-state index in [4.69, 9.17) is 15.6 Å². The zero-order valence-electron chi connectivity index (χ0n) is 21.4. The molecule has 11 nitrogen and oxygen atoms in total. The standard InChI is InChI=1S/C24H26N6O3.C2HF3O2/c1-2-29-12-10-17-14-30(28-20(17)15-29)23-18(9-6-11-26-23)24(33)27-19(21(31)22(25)32)13-16-7-4-3-5-8-16;3-2(4,5)1(6)7/h3-9,11,14,19H,2,10,12-13,15H2,1H3,(H2,25,32)(H,27,33);(H,6,7). The van der Waals surface area contributed by atoms with Crippen LogP contribution in [0.15, 0.2) is 54.9 Å². The van der Waals surface area contributed by atoms with Crippen LogP contribution < -0.4 is 11.1 Å². The van der Waals surface area contributed by atoms with Gasteiger partial charge in [-0.3, -0.25) is 19.3 Å². The Bertz CT molecular complexity index is 1380. The lowest BCUT2D eigenvalue weighted by Crippen LogP contribution is -2.47. The topological polar surface area (TPSA) is 161 Å². The third-order valence-corrected chi connectivity index (χ3v) is 6.03. The number of carboxylic acid groups (broad SMARTS) is 1. The number of ketones is 1. The van der Waals surface area contributed by atoms with E-state index in [0.29, 0.717) is 5.82 Å². The number of rotatable bonds is 8. The van der Waals surface area contributed by atoms with Gasteiger partial charge in [0.05, 0.1) is 11.3 Å². The minimum atomic E-state index is -5.08. The molecule has 1 aliphatic rings. The molecular weight excluding hydrogens is 533 g/mol. The molecule has 0 radical (unpaired) electrons. The Labute approximate surface area is 226 Å². The van der Waals surface area contributed by atoms with E-state index >= 15 is 0 Å². The number of carbonyl (C=O) groups is 4. The van der Waals surface area contributed by atoms with Gasteiger partial charge in [-0.1, -0.05) is 37.3 Å². The third kappa shape index (κ3) is 7.72. The summed E-state index contributed by atoms with van der Waals surface area (Å²) in [5.74, 6) is -4.88. The average Bonchev–Trinajstić information content (AvgIpc) is 3.36. The number of primary amides is 1. The number of nitrogens with two attached hydrogens (primary N) is 1. The summed E-state index contributed by atoms with van der Waals surface area (Å²) < 4.78 is 33.3. The molecule has 0 bridgehead atoms. The lowest BCUT2D eigenvalue weighted by Gasteiger charge is -2.23. The summed E-state index contributed by atoms with van der Waals surface area (Å²) in [7, 11) is 0. The highest BCUT2D eigenvalue weighted by Gasteiger charge is 2.38. The van der Waals surface area contributed by atoms with Crippen LogP contribution in [0, 0.1) is 0 Å². The number of hydrogen-bond donors (Lipinski definition) is 3. The predicted molar refractivity (Wildman–Crippen MR) is 135 cm³/mol. The number of carbonyl (C=O) groups excluding carboxylic acids is 3. The van der Waals surface area contributed by atoms with Crippen molar-refractivity contribution in [3.63, 3.8) is 0 Å². The molecule has 0 saturated carbocycles. The Hall–Kier alpha value is -4.59. The zero-order chi connectivity index (χ0) is 29.4. The first-order valence-electron chi connectivity index (χ1n) is 12.1. The van der Waals surface area contributed by atoms with E-state index in [9.17, 15) is 27.6 Å². The maximum absolute atomic E-state index is 13.2. The molecule has 0 fully saturated rings. The van der Waals surface area contributed by atoms with E-state index in [1.807, 2.05) is 36.5 Å². The van der Waals surface area contributed by atoms with Crippen LogP contribution in [0.5, 0.6) is 0 Å². The molecule has 212 valence electrons. The monoisotopic (exact) mass is 560 g/mol. The molecule has 1 aliphatic heterocycles. The van der Waals surface area contributed by atoms with Crippen molar-refractivity contribution in [3.8, 4) is 5.82 Å². The number of likely N-dealkylation sites (N-methyl/N-ethyl adjacent to an activating group) is 1. The van der Waals surface area contributed by atoms with E-state index in [2.05, 4.69) is 27.2 Å². The Morgan fingerprint density at radius 1 is 1.12 bits per heavy atom. The van der Waals surface area contributed by atoms with Crippen molar-refractivity contribution in [2.24, 2.45) is 5.73 Å². The normalized spacial score (nSPS) is 13.8. The summed E-state index contributed by atoms with van der Waals surface area (Å²) >= 11 is 0. The Kier molecular flexibility index (Phi) is 9.72. The second-order valence-electron chi connectivity index (χ2n) is 8.79. The molecule has 4 rings (SSSR count). The Morgan fingerprint density at radius 2 is 1.80 bits per heavy atom. The molecule has 2 amide bonds. The number of pyridine rings is 1. The third-order valence-electron chi connectivity index (χ3n) is 6.03. The fourth-order valence-electron chi connectivity index (χ4n) is 3.96.